The molecule has 1 atom stereocenters. The predicted molar refractivity (Wildman–Crippen MR) is 97.9 cm³/mol. The summed E-state index contributed by atoms with van der Waals surface area (Å²) in [5.74, 6) is 1.79. The molecule has 130 valence electrons. The minimum Gasteiger partial charge on any atom is -0.248 e. The third-order valence-corrected chi connectivity index (χ3v) is 6.50. The lowest BCUT2D eigenvalue weighted by Gasteiger charge is -2.24. The summed E-state index contributed by atoms with van der Waals surface area (Å²) >= 11 is 0. The first kappa shape index (κ1) is 17.2. The molecule has 1 N–H and O–H groups in total. The summed E-state index contributed by atoms with van der Waals surface area (Å²) in [6.07, 6.45) is 11.3. The lowest BCUT2D eigenvalue weighted by Crippen LogP contribution is -2.41. The van der Waals surface area contributed by atoms with Crippen LogP contribution >= 0.6 is 0 Å². The van der Waals surface area contributed by atoms with Crippen LogP contribution in [0.15, 0.2) is 34.4 Å². The normalized spacial score (nSPS) is 30.3. The lowest BCUT2D eigenvalue weighted by molar-refractivity contribution is -0.364. The highest BCUT2D eigenvalue weighted by molar-refractivity contribution is 8.02. The molecule has 5 heteroatoms. The maximum atomic E-state index is 12.6. The maximum Gasteiger partial charge on any atom is 0.485 e. The van der Waals surface area contributed by atoms with Gasteiger partial charge in [-0.1, -0.05) is 20.3 Å². The topological polar surface area (TPSA) is 49.2 Å². The molecule has 1 heterocycles. The van der Waals surface area contributed by atoms with Crippen molar-refractivity contribution in [3.8, 4) is 0 Å². The van der Waals surface area contributed by atoms with E-state index in [9.17, 15) is 9.00 Å². The second-order valence-corrected chi connectivity index (χ2v) is 8.32. The lowest BCUT2D eigenvalue weighted by atomic mass is 9.87. The maximum absolute atomic E-state index is 12.6. The number of amides is 2. The van der Waals surface area contributed by atoms with Gasteiger partial charge in [-0.25, -0.2) is 14.1 Å². The Bertz CT molecular complexity index is 679. The van der Waals surface area contributed by atoms with Crippen molar-refractivity contribution in [2.24, 2.45) is 5.92 Å². The van der Waals surface area contributed by atoms with Crippen LogP contribution in [0.3, 0.4) is 0 Å². The predicted octanol–water partition coefficient (Wildman–Crippen LogP) is 3.79. The smallest absolute Gasteiger partial charge is 0.248 e. The zero-order valence-electron chi connectivity index (χ0n) is 14.7. The summed E-state index contributed by atoms with van der Waals surface area (Å²) in [5, 5.41) is 3.11. The van der Waals surface area contributed by atoms with Crippen molar-refractivity contribution in [2.45, 2.75) is 58.9 Å². The van der Waals surface area contributed by atoms with E-state index < -0.39 is 10.8 Å². The van der Waals surface area contributed by atoms with Crippen molar-refractivity contribution in [1.82, 2.24) is 5.32 Å². The molecule has 0 spiro atoms. The monoisotopic (exact) mass is 346 g/mol. The van der Waals surface area contributed by atoms with Gasteiger partial charge in [0.15, 0.2) is 5.55 Å². The highest BCUT2D eigenvalue weighted by Gasteiger charge is 2.31. The van der Waals surface area contributed by atoms with Gasteiger partial charge >= 0.3 is 6.03 Å². The van der Waals surface area contributed by atoms with Crippen LogP contribution in [-0.2, 0) is 10.8 Å². The van der Waals surface area contributed by atoms with Crippen LogP contribution in [0.5, 0.6) is 0 Å². The van der Waals surface area contributed by atoms with E-state index in [-0.39, 0.29) is 12.1 Å². The Morgan fingerprint density at radius 3 is 2.62 bits per heavy atom. The molecule has 0 aromatic carbocycles. The summed E-state index contributed by atoms with van der Waals surface area (Å²) in [7, 11) is -1.26. The van der Waals surface area contributed by atoms with Gasteiger partial charge in [0.25, 0.3) is 0 Å². The number of urea groups is 1. The molecule has 1 aliphatic heterocycles. The van der Waals surface area contributed by atoms with Crippen molar-refractivity contribution in [2.75, 3.05) is 0 Å². The fourth-order valence-electron chi connectivity index (χ4n) is 3.50. The van der Waals surface area contributed by atoms with Crippen LogP contribution in [0, 0.1) is 11.8 Å². The van der Waals surface area contributed by atoms with E-state index in [1.54, 1.807) is 0 Å². The summed E-state index contributed by atoms with van der Waals surface area (Å²) in [6.45, 7) is 6.20. The van der Waals surface area contributed by atoms with E-state index in [4.69, 9.17) is 0 Å². The summed E-state index contributed by atoms with van der Waals surface area (Å²) in [5.41, 5.74) is 3.53. The van der Waals surface area contributed by atoms with Crippen LogP contribution in [0.2, 0.25) is 0 Å². The molecule has 2 amide bonds. The zero-order chi connectivity index (χ0) is 17.3. The first-order valence-electron chi connectivity index (χ1n) is 8.73. The van der Waals surface area contributed by atoms with E-state index in [1.807, 2.05) is 19.1 Å². The molecular formula is C19H26N2O2S. The molecule has 2 aliphatic carbocycles. The Labute approximate surface area is 146 Å². The average Bonchev–Trinajstić information content (AvgIpc) is 2.85. The van der Waals surface area contributed by atoms with E-state index in [0.717, 1.165) is 54.5 Å². The SMILES string of the molecule is CC1=CC[C-](C2=C(C)[N+](C(=O)NC3CCC(C)CC3)=CS2=O)C=C1. The Morgan fingerprint density at radius 1 is 1.29 bits per heavy atom. The Morgan fingerprint density at radius 2 is 2.00 bits per heavy atom. The fourth-order valence-corrected chi connectivity index (χ4v) is 4.85. The molecule has 3 rings (SSSR count). The van der Waals surface area contributed by atoms with Crippen LogP contribution in [0.4, 0.5) is 4.79 Å². The van der Waals surface area contributed by atoms with Gasteiger partial charge in [-0.2, -0.15) is 16.9 Å². The minimum absolute atomic E-state index is 0.150. The molecule has 0 aromatic heterocycles. The van der Waals surface area contributed by atoms with Gasteiger partial charge in [-0.15, -0.1) is 17.6 Å². The zero-order valence-corrected chi connectivity index (χ0v) is 15.5. The van der Waals surface area contributed by atoms with Gasteiger partial charge in [0.1, 0.15) is 0 Å². The Hall–Kier alpha value is -1.62. The van der Waals surface area contributed by atoms with Crippen LogP contribution in [-0.4, -0.2) is 26.4 Å². The van der Waals surface area contributed by atoms with Crippen LogP contribution < -0.4 is 5.32 Å². The second-order valence-electron chi connectivity index (χ2n) is 7.10. The molecule has 1 unspecified atom stereocenters. The number of allylic oxidation sites excluding steroid dienone is 6. The van der Waals surface area contributed by atoms with Gasteiger partial charge in [0.2, 0.25) is 0 Å². The molecule has 0 radical (unpaired) electrons. The van der Waals surface area contributed by atoms with Crippen LogP contribution in [0.1, 0.15) is 52.9 Å². The minimum atomic E-state index is -1.26. The van der Waals surface area contributed by atoms with E-state index in [2.05, 4.69) is 25.2 Å². The highest BCUT2D eigenvalue weighted by atomic mass is 32.2. The molecular weight excluding hydrogens is 320 g/mol. The molecule has 0 saturated heterocycles. The summed E-state index contributed by atoms with van der Waals surface area (Å²) in [4.78, 5) is 13.4. The third-order valence-electron chi connectivity index (χ3n) is 5.14. The number of carbonyl (C=O) groups excluding carboxylic acids is 1. The average molecular weight is 346 g/mol. The number of hydrogen-bond donors (Lipinski definition) is 1. The molecule has 3 aliphatic rings. The number of carbonyl (C=O) groups is 1. The van der Waals surface area contributed by atoms with Crippen molar-refractivity contribution < 1.29 is 13.6 Å². The van der Waals surface area contributed by atoms with Crippen molar-refractivity contribution in [3.05, 3.63) is 40.3 Å². The molecule has 0 aromatic rings. The molecule has 1 saturated carbocycles. The van der Waals surface area contributed by atoms with E-state index in [1.165, 1.54) is 15.7 Å². The molecule has 0 bridgehead atoms. The Balaban J connectivity index is 1.70. The quantitative estimate of drug-likeness (QED) is 0.611. The number of hydrogen-bond acceptors (Lipinski definition) is 2. The second kappa shape index (κ2) is 7.09. The van der Waals surface area contributed by atoms with Crippen molar-refractivity contribution in [1.29, 1.82) is 0 Å². The van der Waals surface area contributed by atoms with Gasteiger partial charge < -0.3 is 0 Å². The van der Waals surface area contributed by atoms with Gasteiger partial charge in [0, 0.05) is 5.70 Å². The van der Waals surface area contributed by atoms with Gasteiger partial charge in [-0.3, -0.25) is 0 Å². The largest absolute Gasteiger partial charge is 0.485 e. The first-order chi connectivity index (χ1) is 11.5. The number of nitrogens with zero attached hydrogens (tertiary/aromatic N) is 1. The first-order valence-corrected chi connectivity index (χ1v) is 9.94. The van der Waals surface area contributed by atoms with Gasteiger partial charge in [-0.05, 0) is 43.4 Å². The fraction of sp³-hybridized carbons (Fsp3) is 0.526. The molecule has 4 nitrogen and oxygen atoms in total. The highest BCUT2D eigenvalue weighted by Crippen LogP contribution is 2.32. The van der Waals surface area contributed by atoms with E-state index in [0.29, 0.717) is 0 Å². The summed E-state index contributed by atoms with van der Waals surface area (Å²) in [6, 6.07) is 0.0858. The Kier molecular flexibility index (Phi) is 5.09. The molecule has 24 heavy (non-hydrogen) atoms. The number of nitrogens with one attached hydrogen (secondary N) is 1. The van der Waals surface area contributed by atoms with Crippen molar-refractivity contribution >= 4 is 22.4 Å². The number of rotatable bonds is 2. The summed E-state index contributed by atoms with van der Waals surface area (Å²) < 4.78 is 14.1. The van der Waals surface area contributed by atoms with Gasteiger partial charge in [0.05, 0.1) is 16.8 Å². The standard InChI is InChI=1S/C19H26N2O2S/c1-13-4-8-16(9-5-13)18-15(3)21(12-24(18)23)19(22)20-17-10-6-14(2)7-11-17/h4-5,8,12,14,17H,6-7,9-11H2,1-3H3,(H,20,22). The van der Waals surface area contributed by atoms with Crippen molar-refractivity contribution in [3.63, 3.8) is 0 Å². The van der Waals surface area contributed by atoms with Crippen LogP contribution in [0.25, 0.3) is 0 Å². The third kappa shape index (κ3) is 3.56. The van der Waals surface area contributed by atoms with E-state index >= 15 is 0 Å². The molecule has 1 fully saturated rings.